The molecule has 0 radical (unpaired) electrons. The zero-order chi connectivity index (χ0) is 11.5. The van der Waals surface area contributed by atoms with E-state index in [4.69, 9.17) is 4.74 Å². The van der Waals surface area contributed by atoms with Crippen molar-refractivity contribution < 1.29 is 9.53 Å². The first-order valence-electron chi connectivity index (χ1n) is 6.32. The standard InChI is InChI=1S/C12H22N2O2/c1-9-4-3-5-11(13-9)12(15)14-6-7-16-8-10(14)2/h9-11,13H,3-8H2,1-2H3. The van der Waals surface area contributed by atoms with Crippen LogP contribution < -0.4 is 5.32 Å². The molecule has 0 saturated carbocycles. The predicted molar refractivity (Wildman–Crippen MR) is 62.2 cm³/mol. The van der Waals surface area contributed by atoms with Gasteiger partial charge in [0.15, 0.2) is 0 Å². The van der Waals surface area contributed by atoms with Crippen LogP contribution in [0.4, 0.5) is 0 Å². The van der Waals surface area contributed by atoms with E-state index in [-0.39, 0.29) is 18.0 Å². The maximum Gasteiger partial charge on any atom is 0.240 e. The van der Waals surface area contributed by atoms with E-state index in [0.29, 0.717) is 19.3 Å². The van der Waals surface area contributed by atoms with Crippen LogP contribution in [0, 0.1) is 0 Å². The summed E-state index contributed by atoms with van der Waals surface area (Å²) in [5.74, 6) is 0.266. The van der Waals surface area contributed by atoms with Gasteiger partial charge in [0.2, 0.25) is 5.91 Å². The Morgan fingerprint density at radius 1 is 1.38 bits per heavy atom. The van der Waals surface area contributed by atoms with Gasteiger partial charge in [0.05, 0.1) is 25.3 Å². The summed E-state index contributed by atoms with van der Waals surface area (Å²) in [5, 5.41) is 3.40. The third kappa shape index (κ3) is 2.55. The summed E-state index contributed by atoms with van der Waals surface area (Å²) in [6, 6.07) is 0.726. The smallest absolute Gasteiger partial charge is 0.240 e. The monoisotopic (exact) mass is 226 g/mol. The number of carbonyl (C=O) groups is 1. The number of hydrogen-bond acceptors (Lipinski definition) is 3. The van der Waals surface area contributed by atoms with E-state index >= 15 is 0 Å². The molecule has 2 aliphatic heterocycles. The lowest BCUT2D eigenvalue weighted by Gasteiger charge is -2.38. The lowest BCUT2D eigenvalue weighted by molar-refractivity contribution is -0.142. The molecule has 2 aliphatic rings. The molecule has 4 nitrogen and oxygen atoms in total. The predicted octanol–water partition coefficient (Wildman–Crippen LogP) is 0.764. The lowest BCUT2D eigenvalue weighted by atomic mass is 9.98. The molecule has 0 aliphatic carbocycles. The van der Waals surface area contributed by atoms with Gasteiger partial charge in [-0.05, 0) is 33.1 Å². The molecule has 3 atom stereocenters. The normalized spacial score (nSPS) is 36.1. The van der Waals surface area contributed by atoms with Crippen molar-refractivity contribution in [2.24, 2.45) is 0 Å². The molecule has 2 rings (SSSR count). The van der Waals surface area contributed by atoms with Gasteiger partial charge in [-0.1, -0.05) is 0 Å². The number of carbonyl (C=O) groups excluding carboxylic acids is 1. The highest BCUT2D eigenvalue weighted by atomic mass is 16.5. The van der Waals surface area contributed by atoms with Crippen molar-refractivity contribution in [2.75, 3.05) is 19.8 Å². The number of amides is 1. The minimum atomic E-state index is 0.0318. The second-order valence-corrected chi connectivity index (χ2v) is 5.01. The Labute approximate surface area is 97.3 Å². The van der Waals surface area contributed by atoms with Crippen LogP contribution in [0.25, 0.3) is 0 Å². The topological polar surface area (TPSA) is 41.6 Å². The number of ether oxygens (including phenoxy) is 1. The summed E-state index contributed by atoms with van der Waals surface area (Å²) in [4.78, 5) is 14.3. The number of hydrogen-bond donors (Lipinski definition) is 1. The largest absolute Gasteiger partial charge is 0.377 e. The van der Waals surface area contributed by atoms with Crippen LogP contribution in [0.2, 0.25) is 0 Å². The zero-order valence-electron chi connectivity index (χ0n) is 10.2. The van der Waals surface area contributed by atoms with Gasteiger partial charge < -0.3 is 15.0 Å². The fourth-order valence-corrected chi connectivity index (χ4v) is 2.59. The van der Waals surface area contributed by atoms with E-state index in [1.165, 1.54) is 6.42 Å². The molecular weight excluding hydrogens is 204 g/mol. The molecule has 3 unspecified atom stereocenters. The van der Waals surface area contributed by atoms with Crippen molar-refractivity contribution >= 4 is 5.91 Å². The molecule has 2 heterocycles. The Kier molecular flexibility index (Phi) is 3.82. The fraction of sp³-hybridized carbons (Fsp3) is 0.917. The van der Waals surface area contributed by atoms with Crippen molar-refractivity contribution in [3.63, 3.8) is 0 Å². The summed E-state index contributed by atoms with van der Waals surface area (Å²) in [5.41, 5.74) is 0. The molecule has 0 aromatic carbocycles. The minimum absolute atomic E-state index is 0.0318. The van der Waals surface area contributed by atoms with E-state index in [9.17, 15) is 4.79 Å². The van der Waals surface area contributed by atoms with Crippen LogP contribution in [0.3, 0.4) is 0 Å². The van der Waals surface area contributed by atoms with Gasteiger partial charge in [0, 0.05) is 12.6 Å². The van der Waals surface area contributed by atoms with Crippen LogP contribution >= 0.6 is 0 Å². The third-order valence-corrected chi connectivity index (χ3v) is 3.56. The second kappa shape index (κ2) is 5.15. The average Bonchev–Trinajstić information content (AvgIpc) is 2.29. The summed E-state index contributed by atoms with van der Waals surface area (Å²) < 4.78 is 5.36. The molecule has 0 aromatic rings. The van der Waals surface area contributed by atoms with Crippen molar-refractivity contribution in [3.8, 4) is 0 Å². The number of nitrogens with one attached hydrogen (secondary N) is 1. The molecule has 1 N–H and O–H groups in total. The first-order chi connectivity index (χ1) is 7.68. The van der Waals surface area contributed by atoms with Crippen LogP contribution in [0.15, 0.2) is 0 Å². The maximum atomic E-state index is 12.3. The number of morpholine rings is 1. The summed E-state index contributed by atoms with van der Waals surface area (Å²) in [7, 11) is 0. The highest BCUT2D eigenvalue weighted by Crippen LogP contribution is 2.16. The Morgan fingerprint density at radius 3 is 2.88 bits per heavy atom. The maximum absolute atomic E-state index is 12.3. The van der Waals surface area contributed by atoms with E-state index in [1.807, 2.05) is 4.90 Å². The van der Waals surface area contributed by atoms with Gasteiger partial charge >= 0.3 is 0 Å². The Balaban J connectivity index is 1.94. The highest BCUT2D eigenvalue weighted by Gasteiger charge is 2.31. The molecule has 0 aromatic heterocycles. The third-order valence-electron chi connectivity index (χ3n) is 3.56. The molecule has 2 fully saturated rings. The first kappa shape index (κ1) is 11.9. The van der Waals surface area contributed by atoms with Gasteiger partial charge in [0.25, 0.3) is 0 Å². The van der Waals surface area contributed by atoms with E-state index < -0.39 is 0 Å². The Bertz CT molecular complexity index is 257. The van der Waals surface area contributed by atoms with Gasteiger partial charge in [-0.3, -0.25) is 4.79 Å². The van der Waals surface area contributed by atoms with Crippen molar-refractivity contribution in [2.45, 2.75) is 51.2 Å². The van der Waals surface area contributed by atoms with Crippen molar-refractivity contribution in [1.82, 2.24) is 10.2 Å². The van der Waals surface area contributed by atoms with Crippen molar-refractivity contribution in [1.29, 1.82) is 0 Å². The van der Waals surface area contributed by atoms with Crippen LogP contribution in [0.5, 0.6) is 0 Å². The van der Waals surface area contributed by atoms with Gasteiger partial charge in [-0.25, -0.2) is 0 Å². The SMILES string of the molecule is CC1CCCC(C(=O)N2CCOCC2C)N1. The molecule has 16 heavy (non-hydrogen) atoms. The molecule has 2 saturated heterocycles. The minimum Gasteiger partial charge on any atom is -0.377 e. The average molecular weight is 226 g/mol. The number of rotatable bonds is 1. The van der Waals surface area contributed by atoms with Crippen LogP contribution in [-0.4, -0.2) is 48.7 Å². The molecule has 1 amide bonds. The van der Waals surface area contributed by atoms with E-state index in [1.54, 1.807) is 0 Å². The number of piperidine rings is 1. The molecule has 92 valence electrons. The van der Waals surface area contributed by atoms with Gasteiger partial charge in [0.1, 0.15) is 0 Å². The van der Waals surface area contributed by atoms with E-state index in [2.05, 4.69) is 19.2 Å². The molecule has 0 bridgehead atoms. The quantitative estimate of drug-likeness (QED) is 0.718. The lowest BCUT2D eigenvalue weighted by Crippen LogP contribution is -2.56. The fourth-order valence-electron chi connectivity index (χ4n) is 2.59. The molecular formula is C12H22N2O2. The summed E-state index contributed by atoms with van der Waals surface area (Å²) in [6.45, 7) is 6.31. The van der Waals surface area contributed by atoms with Crippen molar-refractivity contribution in [3.05, 3.63) is 0 Å². The Hall–Kier alpha value is -0.610. The summed E-state index contributed by atoms with van der Waals surface area (Å²) >= 11 is 0. The van der Waals surface area contributed by atoms with Gasteiger partial charge in [-0.2, -0.15) is 0 Å². The Morgan fingerprint density at radius 2 is 2.19 bits per heavy atom. The van der Waals surface area contributed by atoms with E-state index in [0.717, 1.165) is 19.4 Å². The number of nitrogens with zero attached hydrogens (tertiary/aromatic N) is 1. The first-order valence-corrected chi connectivity index (χ1v) is 6.32. The summed E-state index contributed by atoms with van der Waals surface area (Å²) in [6.07, 6.45) is 3.32. The highest BCUT2D eigenvalue weighted by molar-refractivity contribution is 5.82. The molecule has 0 spiro atoms. The zero-order valence-corrected chi connectivity index (χ0v) is 10.2. The molecule has 4 heteroatoms. The van der Waals surface area contributed by atoms with Crippen LogP contribution in [0.1, 0.15) is 33.1 Å². The second-order valence-electron chi connectivity index (χ2n) is 5.01. The van der Waals surface area contributed by atoms with Crippen LogP contribution in [-0.2, 0) is 9.53 Å². The van der Waals surface area contributed by atoms with Gasteiger partial charge in [-0.15, -0.1) is 0 Å².